The Morgan fingerprint density at radius 2 is 1.08 bits per heavy atom. The van der Waals surface area contributed by atoms with E-state index in [4.69, 9.17) is 46.4 Å². The molecule has 0 amide bonds. The summed E-state index contributed by atoms with van der Waals surface area (Å²) in [4.78, 5) is 0. The fourth-order valence-electron chi connectivity index (χ4n) is 2.43. The lowest BCUT2D eigenvalue weighted by Gasteiger charge is -2.22. The van der Waals surface area contributed by atoms with Gasteiger partial charge in [0.2, 0.25) is 0 Å². The fourth-order valence-corrected chi connectivity index (χ4v) is 6.19. The normalized spacial score (nSPS) is 11.1. The van der Waals surface area contributed by atoms with Crippen LogP contribution in [0.3, 0.4) is 0 Å². The zero-order valence-corrected chi connectivity index (χ0v) is 16.5. The number of aromatic hydroxyl groups is 2. The molecule has 0 fully saturated rings. The predicted molar refractivity (Wildman–Crippen MR) is 109 cm³/mol. The molecule has 0 saturated carbocycles. The van der Waals surface area contributed by atoms with E-state index in [0.717, 1.165) is 5.30 Å². The number of phenols is 2. The maximum absolute atomic E-state index is 10.5. The minimum absolute atomic E-state index is 0.0865. The summed E-state index contributed by atoms with van der Waals surface area (Å²) in [6.45, 7) is 0. The number of phenolic OH excluding ortho intramolecular Hbond substituents is 2. The molecule has 128 valence electrons. The molecule has 0 aliphatic carbocycles. The summed E-state index contributed by atoms with van der Waals surface area (Å²) in [6.07, 6.45) is 0. The molecule has 25 heavy (non-hydrogen) atoms. The predicted octanol–water partition coefficient (Wildman–Crippen LogP) is 5.47. The molecule has 3 aromatic rings. The van der Waals surface area contributed by atoms with Crippen LogP contribution in [-0.2, 0) is 0 Å². The van der Waals surface area contributed by atoms with Crippen molar-refractivity contribution in [3.63, 3.8) is 0 Å². The number of hydrogen-bond donors (Lipinski definition) is 2. The van der Waals surface area contributed by atoms with Crippen LogP contribution >= 0.6 is 54.3 Å². The number of benzene rings is 3. The van der Waals surface area contributed by atoms with E-state index in [1.807, 2.05) is 30.3 Å². The van der Waals surface area contributed by atoms with Gasteiger partial charge in [-0.3, -0.25) is 0 Å². The summed E-state index contributed by atoms with van der Waals surface area (Å²) in [5.41, 5.74) is 0. The smallest absolute Gasteiger partial charge is 0.142 e. The molecule has 0 unspecified atom stereocenters. The van der Waals surface area contributed by atoms with Gasteiger partial charge in [-0.1, -0.05) is 76.7 Å². The lowest BCUT2D eigenvalue weighted by atomic mass is 10.3. The van der Waals surface area contributed by atoms with E-state index in [1.165, 1.54) is 12.1 Å². The largest absolute Gasteiger partial charge is 0.506 e. The van der Waals surface area contributed by atoms with E-state index in [9.17, 15) is 10.2 Å². The van der Waals surface area contributed by atoms with E-state index < -0.39 is 7.92 Å². The third-order valence-corrected chi connectivity index (χ3v) is 6.98. The molecule has 0 aliphatic heterocycles. The third-order valence-electron chi connectivity index (χ3n) is 3.51. The van der Waals surface area contributed by atoms with Gasteiger partial charge < -0.3 is 10.2 Å². The highest BCUT2D eigenvalue weighted by atomic mass is 35.5. The first-order valence-corrected chi connectivity index (χ1v) is 9.95. The zero-order chi connectivity index (χ0) is 18.1. The van der Waals surface area contributed by atoms with Gasteiger partial charge in [0.05, 0.1) is 10.0 Å². The molecule has 0 bridgehead atoms. The molecule has 0 aliphatic rings. The van der Waals surface area contributed by atoms with Gasteiger partial charge in [-0.25, -0.2) is 0 Å². The maximum Gasteiger partial charge on any atom is 0.142 e. The molecule has 0 aromatic heterocycles. The van der Waals surface area contributed by atoms with Crippen LogP contribution in [0.2, 0.25) is 20.1 Å². The first kappa shape index (κ1) is 18.6. The van der Waals surface area contributed by atoms with E-state index in [2.05, 4.69) is 0 Å². The SMILES string of the molecule is Oc1c(Cl)cc(Cl)cc1P(c1ccccc1)c1cc(Cl)cc(Cl)c1O. The summed E-state index contributed by atoms with van der Waals surface area (Å²) in [5, 5.41) is 24.0. The highest BCUT2D eigenvalue weighted by Gasteiger charge is 2.26. The van der Waals surface area contributed by atoms with Crippen molar-refractivity contribution in [2.45, 2.75) is 0 Å². The monoisotopic (exact) mass is 430 g/mol. The third kappa shape index (κ3) is 3.84. The quantitative estimate of drug-likeness (QED) is 0.540. The molecule has 2 nitrogen and oxygen atoms in total. The zero-order valence-electron chi connectivity index (χ0n) is 12.5. The van der Waals surface area contributed by atoms with Crippen molar-refractivity contribution in [3.8, 4) is 11.5 Å². The molecule has 0 heterocycles. The number of rotatable bonds is 3. The Bertz CT molecular complexity index is 875. The van der Waals surface area contributed by atoms with Crippen LogP contribution in [0.1, 0.15) is 0 Å². The van der Waals surface area contributed by atoms with Crippen molar-refractivity contribution in [2.75, 3.05) is 0 Å². The number of hydrogen-bond acceptors (Lipinski definition) is 2. The Morgan fingerprint density at radius 1 is 0.640 bits per heavy atom. The molecule has 0 atom stereocenters. The first-order chi connectivity index (χ1) is 11.9. The topological polar surface area (TPSA) is 40.5 Å². The highest BCUT2D eigenvalue weighted by molar-refractivity contribution is 7.80. The van der Waals surface area contributed by atoms with E-state index >= 15 is 0 Å². The minimum atomic E-state index is -1.39. The van der Waals surface area contributed by atoms with Gasteiger partial charge in [-0.15, -0.1) is 0 Å². The molecule has 0 saturated heterocycles. The minimum Gasteiger partial charge on any atom is -0.506 e. The Hall–Kier alpha value is -1.15. The van der Waals surface area contributed by atoms with Crippen LogP contribution in [0.4, 0.5) is 0 Å². The summed E-state index contributed by atoms with van der Waals surface area (Å²) >= 11 is 24.5. The van der Waals surface area contributed by atoms with Crippen molar-refractivity contribution in [2.24, 2.45) is 0 Å². The molecule has 3 aromatic carbocycles. The molecular weight excluding hydrogens is 421 g/mol. The lowest BCUT2D eigenvalue weighted by Crippen LogP contribution is -2.21. The van der Waals surface area contributed by atoms with Gasteiger partial charge >= 0.3 is 0 Å². The molecule has 0 spiro atoms. The van der Waals surface area contributed by atoms with Crippen LogP contribution < -0.4 is 15.9 Å². The van der Waals surface area contributed by atoms with E-state index in [1.54, 1.807) is 12.1 Å². The summed E-state index contributed by atoms with van der Waals surface area (Å²) in [7, 11) is -1.39. The molecular formula is C18H11Cl4O2P. The number of halogens is 4. The summed E-state index contributed by atoms with van der Waals surface area (Å²) in [6, 6.07) is 15.6. The Balaban J connectivity index is 2.34. The first-order valence-electron chi connectivity index (χ1n) is 7.09. The van der Waals surface area contributed by atoms with Gasteiger partial charge in [-0.2, -0.15) is 0 Å². The Kier molecular flexibility index (Phi) is 5.68. The van der Waals surface area contributed by atoms with Crippen molar-refractivity contribution >= 4 is 70.2 Å². The second-order valence-corrected chi connectivity index (χ2v) is 9.02. The maximum atomic E-state index is 10.5. The van der Waals surface area contributed by atoms with Gasteiger partial charge in [0, 0.05) is 20.7 Å². The standard InChI is InChI=1S/C18H11Cl4O2P/c19-10-6-13(21)17(23)15(8-10)25(12-4-2-1-3-5-12)16-9-11(20)7-14(22)18(16)24/h1-9,23-24H. The Labute approximate surface area is 166 Å². The fraction of sp³-hybridized carbons (Fsp3) is 0. The van der Waals surface area contributed by atoms with Crippen LogP contribution in [0.5, 0.6) is 11.5 Å². The molecule has 3 rings (SSSR count). The van der Waals surface area contributed by atoms with Gasteiger partial charge in [-0.05, 0) is 37.5 Å². The van der Waals surface area contributed by atoms with Crippen molar-refractivity contribution in [1.82, 2.24) is 0 Å². The van der Waals surface area contributed by atoms with Crippen molar-refractivity contribution < 1.29 is 10.2 Å². The lowest BCUT2D eigenvalue weighted by molar-refractivity contribution is 0.479. The average molecular weight is 432 g/mol. The second-order valence-electron chi connectivity index (χ2n) is 5.18. The van der Waals surface area contributed by atoms with Gasteiger partial charge in [0.25, 0.3) is 0 Å². The average Bonchev–Trinajstić information content (AvgIpc) is 2.57. The molecule has 0 radical (unpaired) electrons. The summed E-state index contributed by atoms with van der Waals surface area (Å²) < 4.78 is 0. The van der Waals surface area contributed by atoms with Crippen LogP contribution in [-0.4, -0.2) is 10.2 Å². The highest BCUT2D eigenvalue weighted by Crippen LogP contribution is 2.44. The van der Waals surface area contributed by atoms with E-state index in [-0.39, 0.29) is 21.5 Å². The van der Waals surface area contributed by atoms with E-state index in [0.29, 0.717) is 20.7 Å². The molecule has 2 N–H and O–H groups in total. The van der Waals surface area contributed by atoms with Crippen LogP contribution in [0.15, 0.2) is 54.6 Å². The molecule has 7 heteroatoms. The Morgan fingerprint density at radius 3 is 1.52 bits per heavy atom. The van der Waals surface area contributed by atoms with Crippen LogP contribution in [0.25, 0.3) is 0 Å². The van der Waals surface area contributed by atoms with Crippen molar-refractivity contribution in [3.05, 3.63) is 74.7 Å². The second kappa shape index (κ2) is 7.61. The van der Waals surface area contributed by atoms with Gasteiger partial charge in [0.1, 0.15) is 11.5 Å². The van der Waals surface area contributed by atoms with Gasteiger partial charge in [0.15, 0.2) is 0 Å². The van der Waals surface area contributed by atoms with Crippen molar-refractivity contribution in [1.29, 1.82) is 0 Å². The summed E-state index contributed by atoms with van der Waals surface area (Å²) in [5.74, 6) is -0.173. The van der Waals surface area contributed by atoms with Crippen LogP contribution in [0, 0.1) is 0 Å².